The second-order valence-corrected chi connectivity index (χ2v) is 23.4. The predicted octanol–water partition coefficient (Wildman–Crippen LogP) is 24.2. The lowest BCUT2D eigenvalue weighted by molar-refractivity contribution is -0.167. The van der Waals surface area contributed by atoms with Gasteiger partial charge >= 0.3 is 17.9 Å². The molecule has 0 aliphatic heterocycles. The fourth-order valence-corrected chi connectivity index (χ4v) is 10.2. The van der Waals surface area contributed by atoms with Crippen molar-refractivity contribution in [3.63, 3.8) is 0 Å². The molecule has 0 amide bonds. The normalized spacial score (nSPS) is 12.6. The Balaban J connectivity index is 4.33. The van der Waals surface area contributed by atoms with E-state index in [2.05, 4.69) is 106 Å². The Morgan fingerprint density at radius 2 is 0.481 bits per heavy atom. The molecule has 0 fully saturated rings. The number of hydrogen-bond donors (Lipinski definition) is 0. The summed E-state index contributed by atoms with van der Waals surface area (Å²) in [5.41, 5.74) is 0. The van der Waals surface area contributed by atoms with E-state index in [-0.39, 0.29) is 31.1 Å². The van der Waals surface area contributed by atoms with Crippen molar-refractivity contribution >= 4 is 17.9 Å². The zero-order chi connectivity index (χ0) is 58.5. The van der Waals surface area contributed by atoms with E-state index in [1.165, 1.54) is 205 Å². The van der Waals surface area contributed by atoms with Gasteiger partial charge in [0.2, 0.25) is 0 Å². The molecule has 0 aliphatic carbocycles. The lowest BCUT2D eigenvalue weighted by Gasteiger charge is -2.18. The molecule has 1 unspecified atom stereocenters. The predicted molar refractivity (Wildman–Crippen MR) is 353 cm³/mol. The minimum absolute atomic E-state index is 0.0743. The van der Waals surface area contributed by atoms with Crippen molar-refractivity contribution in [2.45, 2.75) is 361 Å². The number of unbranched alkanes of at least 4 members (excludes halogenated alkanes) is 39. The van der Waals surface area contributed by atoms with Crippen LogP contribution in [0.2, 0.25) is 0 Å². The first kappa shape index (κ1) is 77.6. The highest BCUT2D eigenvalue weighted by Gasteiger charge is 2.19. The molecular formula is C75H132O6. The molecule has 0 saturated heterocycles. The first-order valence-electron chi connectivity index (χ1n) is 35.1. The third kappa shape index (κ3) is 67.3. The van der Waals surface area contributed by atoms with Crippen molar-refractivity contribution in [2.24, 2.45) is 0 Å². The van der Waals surface area contributed by atoms with Crippen LogP contribution in [0.15, 0.2) is 85.1 Å². The number of ether oxygens (including phenoxy) is 3. The Morgan fingerprint density at radius 3 is 0.753 bits per heavy atom. The minimum Gasteiger partial charge on any atom is -0.462 e. The van der Waals surface area contributed by atoms with Crippen LogP contribution in [0.1, 0.15) is 355 Å². The van der Waals surface area contributed by atoms with E-state index in [1.807, 2.05) is 0 Å². The maximum Gasteiger partial charge on any atom is 0.306 e. The second-order valence-electron chi connectivity index (χ2n) is 23.4. The highest BCUT2D eigenvalue weighted by Crippen LogP contribution is 2.18. The van der Waals surface area contributed by atoms with Gasteiger partial charge in [-0.3, -0.25) is 14.4 Å². The quantitative estimate of drug-likeness (QED) is 0.0261. The molecule has 0 aliphatic rings. The molecule has 0 heterocycles. The Morgan fingerprint density at radius 1 is 0.259 bits per heavy atom. The number of allylic oxidation sites excluding steroid dienone is 14. The Labute approximate surface area is 503 Å². The summed E-state index contributed by atoms with van der Waals surface area (Å²) in [6.07, 6.45) is 91.7. The monoisotopic (exact) mass is 1130 g/mol. The third-order valence-electron chi connectivity index (χ3n) is 15.4. The van der Waals surface area contributed by atoms with E-state index in [9.17, 15) is 14.4 Å². The zero-order valence-corrected chi connectivity index (χ0v) is 53.8. The first-order valence-corrected chi connectivity index (χ1v) is 35.1. The lowest BCUT2D eigenvalue weighted by Crippen LogP contribution is -2.30. The summed E-state index contributed by atoms with van der Waals surface area (Å²) in [4.78, 5) is 38.5. The lowest BCUT2D eigenvalue weighted by atomic mass is 10.0. The minimum atomic E-state index is -0.779. The van der Waals surface area contributed by atoms with E-state index < -0.39 is 6.10 Å². The van der Waals surface area contributed by atoms with Crippen molar-refractivity contribution in [1.82, 2.24) is 0 Å². The number of esters is 3. The van der Waals surface area contributed by atoms with Gasteiger partial charge in [0, 0.05) is 19.3 Å². The average molecular weight is 1130 g/mol. The van der Waals surface area contributed by atoms with Crippen molar-refractivity contribution in [2.75, 3.05) is 13.2 Å². The van der Waals surface area contributed by atoms with Gasteiger partial charge in [0.1, 0.15) is 13.2 Å². The molecule has 0 rings (SSSR count). The average Bonchev–Trinajstić information content (AvgIpc) is 3.47. The van der Waals surface area contributed by atoms with Crippen LogP contribution >= 0.6 is 0 Å². The summed E-state index contributed by atoms with van der Waals surface area (Å²) in [6.45, 7) is 6.58. The largest absolute Gasteiger partial charge is 0.462 e. The van der Waals surface area contributed by atoms with Crippen LogP contribution in [-0.2, 0) is 28.6 Å². The number of hydrogen-bond acceptors (Lipinski definition) is 6. The molecule has 0 aromatic rings. The van der Waals surface area contributed by atoms with Gasteiger partial charge in [0.15, 0.2) is 6.10 Å². The topological polar surface area (TPSA) is 78.9 Å². The van der Waals surface area contributed by atoms with Gasteiger partial charge < -0.3 is 14.2 Å². The summed E-state index contributed by atoms with van der Waals surface area (Å²) >= 11 is 0. The molecule has 0 spiro atoms. The van der Waals surface area contributed by atoms with Crippen LogP contribution in [0.3, 0.4) is 0 Å². The fourth-order valence-electron chi connectivity index (χ4n) is 10.2. The van der Waals surface area contributed by atoms with E-state index in [1.54, 1.807) is 0 Å². The van der Waals surface area contributed by atoms with E-state index in [4.69, 9.17) is 14.2 Å². The fraction of sp³-hybridized carbons (Fsp3) is 0.773. The van der Waals surface area contributed by atoms with Gasteiger partial charge in [0.05, 0.1) is 0 Å². The van der Waals surface area contributed by atoms with Crippen LogP contribution in [-0.4, -0.2) is 37.2 Å². The van der Waals surface area contributed by atoms with Gasteiger partial charge in [-0.25, -0.2) is 0 Å². The molecular weight excluding hydrogens is 997 g/mol. The van der Waals surface area contributed by atoms with E-state index in [0.717, 1.165) is 109 Å². The highest BCUT2D eigenvalue weighted by atomic mass is 16.6. The summed E-state index contributed by atoms with van der Waals surface area (Å²) < 4.78 is 17.0. The highest BCUT2D eigenvalue weighted by molar-refractivity contribution is 5.71. The number of rotatable bonds is 64. The van der Waals surface area contributed by atoms with Gasteiger partial charge in [-0.05, 0) is 77.0 Å². The number of carbonyl (C=O) groups excluding carboxylic acids is 3. The summed E-state index contributed by atoms with van der Waals surface area (Å²) in [5.74, 6) is -0.863. The van der Waals surface area contributed by atoms with Crippen LogP contribution in [0.5, 0.6) is 0 Å². The Bertz CT molecular complexity index is 1530. The van der Waals surface area contributed by atoms with E-state index >= 15 is 0 Å². The van der Waals surface area contributed by atoms with Gasteiger partial charge in [-0.2, -0.15) is 0 Å². The standard InChI is InChI=1S/C75H132O6/c1-4-7-10-13-16-19-22-25-28-31-32-33-34-35-36-37-38-39-40-41-42-45-47-50-53-56-59-62-65-68-74(77)80-71-72(81-75(78)69-66-63-60-57-54-51-48-44-30-27-24-21-18-15-12-9-6-3)70-79-73(76)67-64-61-58-55-52-49-46-43-29-26-23-20-17-14-11-8-5-2/h7,10,16,19,25,28,32-33,35-36,38-39,41-42,72H,4-6,8-9,11-15,17-18,20-24,26-27,29-31,34,37,40,43-71H2,1-3H3/b10-7-,19-16-,28-25-,33-32-,36-35-,39-38-,42-41-. The van der Waals surface area contributed by atoms with Gasteiger partial charge in [-0.1, -0.05) is 343 Å². The molecule has 0 aromatic carbocycles. The molecule has 0 aromatic heterocycles. The van der Waals surface area contributed by atoms with Crippen LogP contribution < -0.4 is 0 Å². The Hall–Kier alpha value is -3.41. The van der Waals surface area contributed by atoms with Crippen molar-refractivity contribution in [3.05, 3.63) is 85.1 Å². The maximum atomic E-state index is 12.9. The molecule has 6 heteroatoms. The molecule has 0 radical (unpaired) electrons. The van der Waals surface area contributed by atoms with Crippen LogP contribution in [0.25, 0.3) is 0 Å². The summed E-state index contributed by atoms with van der Waals surface area (Å²) in [5, 5.41) is 0. The first-order chi connectivity index (χ1) is 40.0. The van der Waals surface area contributed by atoms with Crippen molar-refractivity contribution in [3.8, 4) is 0 Å². The Kier molecular flexibility index (Phi) is 66.2. The second kappa shape index (κ2) is 69.1. The number of carbonyl (C=O) groups is 3. The van der Waals surface area contributed by atoms with Crippen molar-refractivity contribution < 1.29 is 28.6 Å². The zero-order valence-electron chi connectivity index (χ0n) is 53.8. The molecule has 6 nitrogen and oxygen atoms in total. The smallest absolute Gasteiger partial charge is 0.306 e. The van der Waals surface area contributed by atoms with Gasteiger partial charge in [-0.15, -0.1) is 0 Å². The summed E-state index contributed by atoms with van der Waals surface area (Å²) in [7, 11) is 0. The maximum absolute atomic E-state index is 12.9. The molecule has 0 saturated carbocycles. The third-order valence-corrected chi connectivity index (χ3v) is 15.4. The SMILES string of the molecule is CC/C=C\C/C=C\C/C=C\C/C=C\C/C=C\C/C=C\C/C=C\CCCCCCCCCC(=O)OCC(COC(=O)CCCCCCCCCCCCCCCCCCC)OC(=O)CCCCCCCCCCCCCCCCCCC. The molecule has 468 valence electrons. The molecule has 1 atom stereocenters. The van der Waals surface area contributed by atoms with Crippen molar-refractivity contribution in [1.29, 1.82) is 0 Å². The van der Waals surface area contributed by atoms with Crippen LogP contribution in [0, 0.1) is 0 Å². The summed E-state index contributed by atoms with van der Waals surface area (Å²) in [6, 6.07) is 0. The molecule has 0 N–H and O–H groups in total. The van der Waals surface area contributed by atoms with Crippen LogP contribution in [0.4, 0.5) is 0 Å². The van der Waals surface area contributed by atoms with Gasteiger partial charge in [0.25, 0.3) is 0 Å². The van der Waals surface area contributed by atoms with E-state index in [0.29, 0.717) is 19.3 Å². The molecule has 81 heavy (non-hydrogen) atoms. The molecule has 0 bridgehead atoms.